The molecule has 1 aliphatic carbocycles. The largest absolute Gasteiger partial charge is 0.497 e. The minimum atomic E-state index is 0.136. The number of benzene rings is 1. The van der Waals surface area contributed by atoms with Gasteiger partial charge in [0.25, 0.3) is 0 Å². The quantitative estimate of drug-likeness (QED) is 0.588. The number of nitrogens with one attached hydrogen (secondary N) is 2. The summed E-state index contributed by atoms with van der Waals surface area (Å²) in [6.07, 6.45) is 2.30. The summed E-state index contributed by atoms with van der Waals surface area (Å²) < 4.78 is 11.1. The normalized spacial score (nSPS) is 26.8. The summed E-state index contributed by atoms with van der Waals surface area (Å²) in [5.74, 6) is 2.24. The van der Waals surface area contributed by atoms with E-state index >= 15 is 0 Å². The average molecular weight is 380 g/mol. The Balaban J connectivity index is 1.61. The van der Waals surface area contributed by atoms with Gasteiger partial charge in [-0.05, 0) is 37.5 Å². The third-order valence-electron chi connectivity index (χ3n) is 5.65. The zero-order valence-corrected chi connectivity index (χ0v) is 16.9. The number of rotatable bonds is 6. The summed E-state index contributed by atoms with van der Waals surface area (Å²) in [5.41, 5.74) is 1.22. The van der Waals surface area contributed by atoms with Gasteiger partial charge in [-0.1, -0.05) is 31.5 Å². The van der Waals surface area contributed by atoms with E-state index < -0.39 is 0 Å². The van der Waals surface area contributed by atoms with Gasteiger partial charge in [0.2, 0.25) is 0 Å². The molecule has 2 N–H and O–H groups in total. The Morgan fingerprint density at radius 2 is 2.23 bits per heavy atom. The summed E-state index contributed by atoms with van der Waals surface area (Å²) in [6, 6.07) is 6.19. The number of guanidine groups is 1. The van der Waals surface area contributed by atoms with Crippen molar-refractivity contribution in [1.82, 2.24) is 10.6 Å². The standard InChI is InChI=1S/C20H30ClN3O2/c1-5-22-19(24-17-15-9-11-26-18(15)20(17,2)3)23-10-8-13-6-7-14(25-4)12-16(13)21/h6-7,12,15,17-18H,5,8-11H2,1-4H3,(H2,22,23,24). The van der Waals surface area contributed by atoms with Crippen molar-refractivity contribution in [2.24, 2.45) is 16.3 Å². The molecular formula is C20H30ClN3O2. The molecule has 1 aliphatic heterocycles. The van der Waals surface area contributed by atoms with E-state index in [9.17, 15) is 0 Å². The van der Waals surface area contributed by atoms with Gasteiger partial charge in [-0.25, -0.2) is 0 Å². The molecule has 26 heavy (non-hydrogen) atoms. The van der Waals surface area contributed by atoms with Crippen LogP contribution >= 0.6 is 11.6 Å². The highest BCUT2D eigenvalue weighted by molar-refractivity contribution is 6.31. The van der Waals surface area contributed by atoms with Crippen LogP contribution in [0, 0.1) is 11.3 Å². The van der Waals surface area contributed by atoms with Gasteiger partial charge >= 0.3 is 0 Å². The van der Waals surface area contributed by atoms with Gasteiger partial charge in [0.1, 0.15) is 5.75 Å². The molecule has 1 saturated carbocycles. The fourth-order valence-electron chi connectivity index (χ4n) is 4.23. The van der Waals surface area contributed by atoms with Crippen molar-refractivity contribution >= 4 is 17.6 Å². The Morgan fingerprint density at radius 1 is 1.42 bits per heavy atom. The summed E-state index contributed by atoms with van der Waals surface area (Å²) in [5, 5.41) is 7.73. The maximum absolute atomic E-state index is 6.33. The third-order valence-corrected chi connectivity index (χ3v) is 6.00. The van der Waals surface area contributed by atoms with E-state index in [2.05, 4.69) is 31.4 Å². The molecule has 0 aromatic heterocycles. The number of aliphatic imine (C=N–C) groups is 1. The van der Waals surface area contributed by atoms with E-state index in [1.54, 1.807) is 7.11 Å². The summed E-state index contributed by atoms with van der Waals surface area (Å²) >= 11 is 6.33. The minimum absolute atomic E-state index is 0.136. The predicted molar refractivity (Wildman–Crippen MR) is 106 cm³/mol. The van der Waals surface area contributed by atoms with Gasteiger partial charge in [-0.2, -0.15) is 0 Å². The molecule has 1 saturated heterocycles. The lowest BCUT2D eigenvalue weighted by Crippen LogP contribution is -2.68. The number of hydrogen-bond acceptors (Lipinski definition) is 3. The first-order valence-electron chi connectivity index (χ1n) is 9.46. The lowest BCUT2D eigenvalue weighted by molar-refractivity contribution is -0.106. The minimum Gasteiger partial charge on any atom is -0.497 e. The number of fused-ring (bicyclic) bond motifs is 1. The Hall–Kier alpha value is -1.46. The van der Waals surface area contributed by atoms with Crippen molar-refractivity contribution in [2.45, 2.75) is 45.8 Å². The van der Waals surface area contributed by atoms with Crippen molar-refractivity contribution in [3.63, 3.8) is 0 Å². The van der Waals surface area contributed by atoms with Gasteiger partial charge in [-0.3, -0.25) is 4.99 Å². The Labute approximate surface area is 161 Å². The number of methoxy groups -OCH3 is 1. The van der Waals surface area contributed by atoms with Gasteiger partial charge in [-0.15, -0.1) is 0 Å². The molecule has 5 nitrogen and oxygen atoms in total. The Bertz CT molecular complexity index is 662. The van der Waals surface area contributed by atoms with Crippen molar-refractivity contribution in [3.05, 3.63) is 28.8 Å². The van der Waals surface area contributed by atoms with Crippen molar-refractivity contribution in [1.29, 1.82) is 0 Å². The maximum atomic E-state index is 6.33. The van der Waals surface area contributed by atoms with Crippen LogP contribution in [0.1, 0.15) is 32.8 Å². The van der Waals surface area contributed by atoms with Gasteiger partial charge in [0, 0.05) is 42.1 Å². The van der Waals surface area contributed by atoms with Crippen LogP contribution in [0.3, 0.4) is 0 Å². The molecule has 0 radical (unpaired) electrons. The molecule has 0 spiro atoms. The Kier molecular flexibility index (Phi) is 5.98. The summed E-state index contributed by atoms with van der Waals surface area (Å²) in [6.45, 7) is 9.03. The topological polar surface area (TPSA) is 54.9 Å². The SMILES string of the molecule is CCNC(=NCCc1ccc(OC)cc1Cl)NC1C2CCOC2C1(C)C. The summed E-state index contributed by atoms with van der Waals surface area (Å²) in [4.78, 5) is 4.76. The van der Waals surface area contributed by atoms with Gasteiger partial charge < -0.3 is 20.1 Å². The fraction of sp³-hybridized carbons (Fsp3) is 0.650. The van der Waals surface area contributed by atoms with Gasteiger partial charge in [0.05, 0.1) is 13.2 Å². The first kappa shape index (κ1) is 19.3. The van der Waals surface area contributed by atoms with Crippen LogP contribution in [-0.2, 0) is 11.2 Å². The number of ether oxygens (including phenoxy) is 2. The predicted octanol–water partition coefficient (Wildman–Crippen LogP) is 3.26. The van der Waals surface area contributed by atoms with Crippen LogP contribution in [0.25, 0.3) is 0 Å². The smallest absolute Gasteiger partial charge is 0.191 e. The van der Waals surface area contributed by atoms with Crippen molar-refractivity contribution in [2.75, 3.05) is 26.8 Å². The van der Waals surface area contributed by atoms with E-state index in [0.29, 0.717) is 24.6 Å². The lowest BCUT2D eigenvalue weighted by atomic mass is 9.57. The molecule has 3 atom stereocenters. The molecular weight excluding hydrogens is 350 g/mol. The van der Waals surface area contributed by atoms with E-state index in [0.717, 1.165) is 48.3 Å². The molecule has 3 rings (SSSR count). The van der Waals surface area contributed by atoms with Crippen molar-refractivity contribution < 1.29 is 9.47 Å². The molecule has 6 heteroatoms. The highest BCUT2D eigenvalue weighted by atomic mass is 35.5. The second-order valence-corrected chi connectivity index (χ2v) is 8.06. The monoisotopic (exact) mass is 379 g/mol. The second kappa shape index (κ2) is 8.05. The molecule has 1 aromatic rings. The second-order valence-electron chi connectivity index (χ2n) is 7.66. The van der Waals surface area contributed by atoms with E-state index in [1.807, 2.05) is 18.2 Å². The first-order chi connectivity index (χ1) is 12.5. The van der Waals surface area contributed by atoms with E-state index in [1.165, 1.54) is 0 Å². The first-order valence-corrected chi connectivity index (χ1v) is 9.84. The number of hydrogen-bond donors (Lipinski definition) is 2. The molecule has 3 unspecified atom stereocenters. The Morgan fingerprint density at radius 3 is 2.92 bits per heavy atom. The highest BCUT2D eigenvalue weighted by Crippen LogP contribution is 2.52. The van der Waals surface area contributed by atoms with Crippen LogP contribution in [0.4, 0.5) is 0 Å². The molecule has 2 fully saturated rings. The van der Waals surface area contributed by atoms with Crippen LogP contribution in [0.2, 0.25) is 5.02 Å². The lowest BCUT2D eigenvalue weighted by Gasteiger charge is -2.54. The van der Waals surface area contributed by atoms with Gasteiger partial charge in [0.15, 0.2) is 5.96 Å². The average Bonchev–Trinajstić information content (AvgIpc) is 3.08. The molecule has 144 valence electrons. The van der Waals surface area contributed by atoms with Crippen LogP contribution < -0.4 is 15.4 Å². The van der Waals surface area contributed by atoms with Crippen molar-refractivity contribution in [3.8, 4) is 5.75 Å². The number of nitrogens with zero attached hydrogens (tertiary/aromatic N) is 1. The zero-order chi connectivity index (χ0) is 18.7. The molecule has 1 heterocycles. The molecule has 2 aliphatic rings. The van der Waals surface area contributed by atoms with Crippen LogP contribution in [0.5, 0.6) is 5.75 Å². The zero-order valence-electron chi connectivity index (χ0n) is 16.1. The third kappa shape index (κ3) is 3.79. The van der Waals surface area contributed by atoms with Crippen LogP contribution in [0.15, 0.2) is 23.2 Å². The maximum Gasteiger partial charge on any atom is 0.191 e. The molecule has 0 amide bonds. The van der Waals surface area contributed by atoms with Crippen LogP contribution in [-0.4, -0.2) is 44.9 Å². The number of halogens is 1. The fourth-order valence-corrected chi connectivity index (χ4v) is 4.50. The highest BCUT2D eigenvalue weighted by Gasteiger charge is 2.59. The molecule has 1 aromatic carbocycles. The van der Waals surface area contributed by atoms with E-state index in [4.69, 9.17) is 26.1 Å². The van der Waals surface area contributed by atoms with E-state index in [-0.39, 0.29) is 5.41 Å². The molecule has 0 bridgehead atoms. The summed E-state index contributed by atoms with van der Waals surface area (Å²) in [7, 11) is 1.64.